The number of nitrogens with one attached hydrogen (secondary N) is 1. The minimum Gasteiger partial charge on any atom is -0.480 e. The van der Waals surface area contributed by atoms with Crippen LogP contribution < -0.4 is 11.1 Å². The maximum absolute atomic E-state index is 12.0. The molecule has 1 aliphatic rings. The molecule has 136 valence electrons. The fourth-order valence-corrected chi connectivity index (χ4v) is 3.17. The van der Waals surface area contributed by atoms with Crippen molar-refractivity contribution in [2.75, 3.05) is 11.5 Å². The topological polar surface area (TPSA) is 130 Å². The van der Waals surface area contributed by atoms with E-state index in [0.717, 1.165) is 25.0 Å². The standard InChI is InChI=1S/C16H26N2O5S/c1-16(2)8-10(16)13(19)18-12(15(22)23)6-4-3-5-7-24-9-11(17)14(20)21/h6,10-11H,3-5,7-9,17H2,1-2H3,(H,18,19)(H,20,21)(H,22,23)/b12-6+/t10?,11-/m0/s1. The number of aliphatic carboxylic acids is 2. The van der Waals surface area contributed by atoms with Crippen molar-refractivity contribution in [3.05, 3.63) is 11.8 Å². The Labute approximate surface area is 146 Å². The number of allylic oxidation sites excluding steroid dienone is 1. The van der Waals surface area contributed by atoms with Gasteiger partial charge in [0.05, 0.1) is 0 Å². The molecule has 7 nitrogen and oxygen atoms in total. The molecule has 0 heterocycles. The molecule has 24 heavy (non-hydrogen) atoms. The molecule has 0 aromatic carbocycles. The van der Waals surface area contributed by atoms with Crippen LogP contribution in [0.15, 0.2) is 11.8 Å². The van der Waals surface area contributed by atoms with Gasteiger partial charge in [-0.15, -0.1) is 0 Å². The second kappa shape index (κ2) is 9.08. The fraction of sp³-hybridized carbons (Fsp3) is 0.688. The summed E-state index contributed by atoms with van der Waals surface area (Å²) in [7, 11) is 0. The molecule has 2 atom stereocenters. The lowest BCUT2D eigenvalue weighted by atomic mass is 10.1. The Balaban J connectivity index is 2.25. The second-order valence-corrected chi connectivity index (χ2v) is 7.82. The highest BCUT2D eigenvalue weighted by atomic mass is 32.2. The Kier molecular flexibility index (Phi) is 7.75. The summed E-state index contributed by atoms with van der Waals surface area (Å²) in [4.78, 5) is 33.7. The number of amides is 1. The minimum absolute atomic E-state index is 0.0400. The number of thioether (sulfide) groups is 1. The van der Waals surface area contributed by atoms with Crippen LogP contribution in [0.2, 0.25) is 0 Å². The van der Waals surface area contributed by atoms with E-state index < -0.39 is 18.0 Å². The van der Waals surface area contributed by atoms with E-state index in [9.17, 15) is 14.4 Å². The van der Waals surface area contributed by atoms with Gasteiger partial charge >= 0.3 is 11.9 Å². The van der Waals surface area contributed by atoms with E-state index in [4.69, 9.17) is 15.9 Å². The Morgan fingerprint density at radius 1 is 1.33 bits per heavy atom. The number of nitrogens with two attached hydrogens (primary N) is 1. The summed E-state index contributed by atoms with van der Waals surface area (Å²) in [5, 5.41) is 20.3. The van der Waals surface area contributed by atoms with E-state index in [1.54, 1.807) is 0 Å². The van der Waals surface area contributed by atoms with Crippen LogP contribution in [0.5, 0.6) is 0 Å². The molecule has 1 unspecified atom stereocenters. The van der Waals surface area contributed by atoms with Gasteiger partial charge in [-0.25, -0.2) is 4.79 Å². The van der Waals surface area contributed by atoms with E-state index in [1.165, 1.54) is 17.8 Å². The molecular weight excluding hydrogens is 332 g/mol. The summed E-state index contributed by atoms with van der Waals surface area (Å²) in [6.45, 7) is 3.96. The quantitative estimate of drug-likeness (QED) is 0.325. The number of hydrogen-bond donors (Lipinski definition) is 4. The van der Waals surface area contributed by atoms with Crippen molar-refractivity contribution in [3.8, 4) is 0 Å². The van der Waals surface area contributed by atoms with Gasteiger partial charge in [0.25, 0.3) is 0 Å². The average Bonchev–Trinajstić information content (AvgIpc) is 3.13. The van der Waals surface area contributed by atoms with Gasteiger partial charge in [-0.2, -0.15) is 11.8 Å². The minimum atomic E-state index is -1.14. The zero-order valence-corrected chi connectivity index (χ0v) is 14.9. The lowest BCUT2D eigenvalue weighted by Gasteiger charge is -2.08. The number of carboxylic acid groups (broad SMARTS) is 2. The summed E-state index contributed by atoms with van der Waals surface area (Å²) in [5.74, 6) is -1.37. The highest BCUT2D eigenvalue weighted by Gasteiger charge is 2.50. The highest BCUT2D eigenvalue weighted by Crippen LogP contribution is 2.51. The van der Waals surface area contributed by atoms with Crippen LogP contribution in [-0.2, 0) is 14.4 Å². The molecule has 0 aromatic heterocycles. The van der Waals surface area contributed by atoms with Gasteiger partial charge in [0.1, 0.15) is 11.7 Å². The molecule has 0 spiro atoms. The maximum atomic E-state index is 12.0. The lowest BCUT2D eigenvalue weighted by Crippen LogP contribution is -2.32. The molecule has 5 N–H and O–H groups in total. The van der Waals surface area contributed by atoms with E-state index in [0.29, 0.717) is 12.2 Å². The molecule has 0 bridgehead atoms. The number of carbonyl (C=O) groups is 3. The molecule has 1 amide bonds. The molecule has 0 radical (unpaired) electrons. The van der Waals surface area contributed by atoms with Gasteiger partial charge in [-0.05, 0) is 36.9 Å². The van der Waals surface area contributed by atoms with Crippen molar-refractivity contribution in [2.45, 2.75) is 45.6 Å². The fourth-order valence-electron chi connectivity index (χ4n) is 2.20. The van der Waals surface area contributed by atoms with E-state index in [-0.39, 0.29) is 22.9 Å². The Bertz CT molecular complexity index is 519. The molecule has 1 aliphatic carbocycles. The van der Waals surface area contributed by atoms with Gasteiger partial charge in [0.2, 0.25) is 5.91 Å². The largest absolute Gasteiger partial charge is 0.480 e. The van der Waals surface area contributed by atoms with Gasteiger partial charge in [0.15, 0.2) is 0 Å². The smallest absolute Gasteiger partial charge is 0.352 e. The van der Waals surface area contributed by atoms with Crippen LogP contribution in [0.1, 0.15) is 39.5 Å². The summed E-state index contributed by atoms with van der Waals surface area (Å²) < 4.78 is 0. The van der Waals surface area contributed by atoms with Crippen LogP contribution in [-0.4, -0.2) is 45.6 Å². The van der Waals surface area contributed by atoms with Gasteiger partial charge in [-0.3, -0.25) is 9.59 Å². The maximum Gasteiger partial charge on any atom is 0.352 e. The molecule has 0 aliphatic heterocycles. The van der Waals surface area contributed by atoms with Crippen LogP contribution in [0.25, 0.3) is 0 Å². The first-order valence-electron chi connectivity index (χ1n) is 7.95. The van der Waals surface area contributed by atoms with Crippen molar-refractivity contribution in [1.82, 2.24) is 5.32 Å². The number of carboxylic acids is 2. The normalized spacial score (nSPS) is 20.3. The van der Waals surface area contributed by atoms with Gasteiger partial charge < -0.3 is 21.3 Å². The van der Waals surface area contributed by atoms with Crippen LogP contribution in [0, 0.1) is 11.3 Å². The van der Waals surface area contributed by atoms with Crippen LogP contribution in [0.4, 0.5) is 0 Å². The molecule has 0 saturated heterocycles. The molecule has 8 heteroatoms. The van der Waals surface area contributed by atoms with Crippen LogP contribution in [0.3, 0.4) is 0 Å². The molecular formula is C16H26N2O5S. The van der Waals surface area contributed by atoms with Crippen LogP contribution >= 0.6 is 11.8 Å². The zero-order valence-electron chi connectivity index (χ0n) is 14.1. The Hall–Kier alpha value is -1.54. The first kappa shape index (κ1) is 20.5. The van der Waals surface area contributed by atoms with Gasteiger partial charge in [0, 0.05) is 11.7 Å². The third-order valence-corrected chi connectivity index (χ3v) is 5.20. The number of rotatable bonds is 11. The van der Waals surface area contributed by atoms with Crippen molar-refractivity contribution in [1.29, 1.82) is 0 Å². The SMILES string of the molecule is CC1(C)CC1C(=O)N/C(=C/CCCCSC[C@H](N)C(=O)O)C(=O)O. The molecule has 1 fully saturated rings. The molecule has 0 aromatic rings. The zero-order chi connectivity index (χ0) is 18.3. The summed E-state index contributed by atoms with van der Waals surface area (Å²) in [6.07, 6.45) is 4.44. The van der Waals surface area contributed by atoms with Crippen molar-refractivity contribution >= 4 is 29.6 Å². The first-order chi connectivity index (χ1) is 11.1. The first-order valence-corrected chi connectivity index (χ1v) is 9.11. The van der Waals surface area contributed by atoms with E-state index in [2.05, 4.69) is 5.32 Å². The van der Waals surface area contributed by atoms with Crippen molar-refractivity contribution in [3.63, 3.8) is 0 Å². The van der Waals surface area contributed by atoms with E-state index in [1.807, 2.05) is 13.8 Å². The van der Waals surface area contributed by atoms with Crippen molar-refractivity contribution < 1.29 is 24.6 Å². The Morgan fingerprint density at radius 3 is 2.46 bits per heavy atom. The third-order valence-electron chi connectivity index (χ3n) is 4.02. The number of unbranched alkanes of at least 4 members (excludes halogenated alkanes) is 2. The summed E-state index contributed by atoms with van der Waals surface area (Å²) in [5.41, 5.74) is 5.28. The second-order valence-electron chi connectivity index (χ2n) is 6.67. The summed E-state index contributed by atoms with van der Waals surface area (Å²) in [6, 6.07) is -0.851. The third kappa shape index (κ3) is 6.92. The number of hydrogen-bond acceptors (Lipinski definition) is 5. The molecule has 1 saturated carbocycles. The summed E-state index contributed by atoms with van der Waals surface area (Å²) >= 11 is 1.46. The average molecular weight is 358 g/mol. The Morgan fingerprint density at radius 2 is 1.96 bits per heavy atom. The van der Waals surface area contributed by atoms with E-state index >= 15 is 0 Å². The molecule has 1 rings (SSSR count). The number of carbonyl (C=O) groups excluding carboxylic acids is 1. The predicted octanol–water partition coefficient (Wildman–Crippen LogP) is 1.43. The predicted molar refractivity (Wildman–Crippen MR) is 92.5 cm³/mol. The van der Waals surface area contributed by atoms with Gasteiger partial charge in [-0.1, -0.05) is 19.9 Å². The van der Waals surface area contributed by atoms with Crippen molar-refractivity contribution in [2.24, 2.45) is 17.1 Å². The lowest BCUT2D eigenvalue weighted by molar-refractivity contribution is -0.138. The highest BCUT2D eigenvalue weighted by molar-refractivity contribution is 7.99. The monoisotopic (exact) mass is 358 g/mol.